The van der Waals surface area contributed by atoms with Gasteiger partial charge in [0.2, 0.25) is 0 Å². The van der Waals surface area contributed by atoms with Crippen molar-refractivity contribution in [2.75, 3.05) is 6.54 Å². The van der Waals surface area contributed by atoms with Gasteiger partial charge in [-0.05, 0) is 55.5 Å². The molecule has 0 aromatic heterocycles. The summed E-state index contributed by atoms with van der Waals surface area (Å²) in [6.07, 6.45) is 0. The zero-order chi connectivity index (χ0) is 10.0. The van der Waals surface area contributed by atoms with E-state index in [-0.39, 0.29) is 0 Å². The number of hydrogen-bond acceptors (Lipinski definition) is 1. The second kappa shape index (κ2) is 3.93. The van der Waals surface area contributed by atoms with Crippen molar-refractivity contribution in [1.82, 2.24) is 0 Å². The van der Waals surface area contributed by atoms with Crippen LogP contribution in [-0.4, -0.2) is 6.54 Å². The van der Waals surface area contributed by atoms with Crippen LogP contribution in [0.2, 0.25) is 0 Å². The maximum Gasteiger partial charge on any atom is -0.00109 e. The zero-order valence-corrected chi connectivity index (χ0v) is 9.02. The minimum Gasteiger partial charge on any atom is -0.330 e. The first-order chi connectivity index (χ1) is 6.06. The average Bonchev–Trinajstić information content (AvgIpc) is 2.12. The Morgan fingerprint density at radius 1 is 1.15 bits per heavy atom. The van der Waals surface area contributed by atoms with Gasteiger partial charge in [0.05, 0.1) is 0 Å². The highest BCUT2D eigenvalue weighted by molar-refractivity contribution is 5.38. The van der Waals surface area contributed by atoms with Gasteiger partial charge in [-0.3, -0.25) is 0 Å². The second-order valence-corrected chi connectivity index (χ2v) is 3.92. The normalized spacial score (nSPS) is 13.0. The predicted octanol–water partition coefficient (Wildman–Crippen LogP) is 2.67. The first kappa shape index (κ1) is 10.3. The van der Waals surface area contributed by atoms with Crippen LogP contribution in [0.15, 0.2) is 12.1 Å². The van der Waals surface area contributed by atoms with Crippen molar-refractivity contribution in [1.29, 1.82) is 0 Å². The summed E-state index contributed by atoms with van der Waals surface area (Å²) in [6, 6.07) is 4.50. The molecular formula is C12H19N. The third-order valence-electron chi connectivity index (χ3n) is 2.87. The largest absolute Gasteiger partial charge is 0.330 e. The Labute approximate surface area is 81.0 Å². The van der Waals surface area contributed by atoms with Crippen LogP contribution in [-0.2, 0) is 0 Å². The van der Waals surface area contributed by atoms with Gasteiger partial charge in [0.15, 0.2) is 0 Å². The smallest absolute Gasteiger partial charge is 0.00109 e. The molecule has 0 spiro atoms. The van der Waals surface area contributed by atoms with E-state index >= 15 is 0 Å². The molecule has 72 valence electrons. The fourth-order valence-corrected chi connectivity index (χ4v) is 1.49. The third kappa shape index (κ3) is 2.10. The van der Waals surface area contributed by atoms with Gasteiger partial charge in [-0.1, -0.05) is 19.1 Å². The first-order valence-electron chi connectivity index (χ1n) is 4.84. The quantitative estimate of drug-likeness (QED) is 0.738. The number of aryl methyl sites for hydroxylation is 2. The lowest BCUT2D eigenvalue weighted by Crippen LogP contribution is -2.09. The highest BCUT2D eigenvalue weighted by Gasteiger charge is 2.06. The van der Waals surface area contributed by atoms with Gasteiger partial charge in [0, 0.05) is 0 Å². The van der Waals surface area contributed by atoms with Gasteiger partial charge in [-0.2, -0.15) is 0 Å². The minimum atomic E-state index is 0.470. The van der Waals surface area contributed by atoms with Crippen LogP contribution in [0.4, 0.5) is 0 Å². The van der Waals surface area contributed by atoms with Crippen molar-refractivity contribution in [3.63, 3.8) is 0 Å². The zero-order valence-electron chi connectivity index (χ0n) is 9.02. The van der Waals surface area contributed by atoms with E-state index in [0.29, 0.717) is 5.92 Å². The van der Waals surface area contributed by atoms with Gasteiger partial charge in [-0.15, -0.1) is 0 Å². The fourth-order valence-electron chi connectivity index (χ4n) is 1.49. The molecule has 0 saturated carbocycles. The monoisotopic (exact) mass is 177 g/mol. The molecule has 2 N–H and O–H groups in total. The summed E-state index contributed by atoms with van der Waals surface area (Å²) in [4.78, 5) is 0. The lowest BCUT2D eigenvalue weighted by atomic mass is 9.94. The Bertz CT molecular complexity index is 279. The van der Waals surface area contributed by atoms with Crippen molar-refractivity contribution in [2.24, 2.45) is 5.73 Å². The summed E-state index contributed by atoms with van der Waals surface area (Å²) in [5, 5.41) is 0. The molecule has 1 unspecified atom stereocenters. The molecule has 0 fully saturated rings. The van der Waals surface area contributed by atoms with E-state index in [2.05, 4.69) is 39.8 Å². The van der Waals surface area contributed by atoms with Crippen molar-refractivity contribution < 1.29 is 0 Å². The number of hydrogen-bond donors (Lipinski definition) is 1. The number of rotatable bonds is 2. The predicted molar refractivity (Wildman–Crippen MR) is 58.1 cm³/mol. The van der Waals surface area contributed by atoms with E-state index < -0.39 is 0 Å². The summed E-state index contributed by atoms with van der Waals surface area (Å²) >= 11 is 0. The fraction of sp³-hybridized carbons (Fsp3) is 0.500. The van der Waals surface area contributed by atoms with E-state index in [1.54, 1.807) is 0 Å². The van der Waals surface area contributed by atoms with E-state index in [1.165, 1.54) is 22.3 Å². The van der Waals surface area contributed by atoms with Crippen LogP contribution in [0.25, 0.3) is 0 Å². The number of nitrogens with two attached hydrogens (primary N) is 1. The first-order valence-corrected chi connectivity index (χ1v) is 4.84. The minimum absolute atomic E-state index is 0.470. The summed E-state index contributed by atoms with van der Waals surface area (Å²) in [5.41, 5.74) is 11.1. The Morgan fingerprint density at radius 2 is 1.62 bits per heavy atom. The summed E-state index contributed by atoms with van der Waals surface area (Å²) in [7, 11) is 0. The second-order valence-electron chi connectivity index (χ2n) is 3.92. The van der Waals surface area contributed by atoms with Gasteiger partial charge in [0.1, 0.15) is 0 Å². The molecule has 1 aromatic rings. The van der Waals surface area contributed by atoms with Crippen molar-refractivity contribution in [3.05, 3.63) is 34.4 Å². The Morgan fingerprint density at radius 3 is 2.00 bits per heavy atom. The average molecular weight is 177 g/mol. The van der Waals surface area contributed by atoms with Gasteiger partial charge in [-0.25, -0.2) is 0 Å². The van der Waals surface area contributed by atoms with Crippen LogP contribution in [0.5, 0.6) is 0 Å². The molecule has 1 heteroatoms. The number of benzene rings is 1. The molecule has 0 amide bonds. The summed E-state index contributed by atoms with van der Waals surface area (Å²) < 4.78 is 0. The molecule has 1 rings (SSSR count). The van der Waals surface area contributed by atoms with E-state index in [4.69, 9.17) is 5.73 Å². The van der Waals surface area contributed by atoms with Crippen molar-refractivity contribution >= 4 is 0 Å². The maximum atomic E-state index is 5.64. The molecule has 0 heterocycles. The summed E-state index contributed by atoms with van der Waals surface area (Å²) in [6.45, 7) is 9.39. The third-order valence-corrected chi connectivity index (χ3v) is 2.87. The highest BCUT2D eigenvalue weighted by Crippen LogP contribution is 2.20. The van der Waals surface area contributed by atoms with E-state index in [0.717, 1.165) is 6.54 Å². The molecular weight excluding hydrogens is 158 g/mol. The molecule has 0 aliphatic heterocycles. The van der Waals surface area contributed by atoms with Crippen LogP contribution in [0, 0.1) is 20.8 Å². The van der Waals surface area contributed by atoms with E-state index in [1.807, 2.05) is 0 Å². The van der Waals surface area contributed by atoms with Crippen LogP contribution in [0.1, 0.15) is 35.1 Å². The molecule has 0 radical (unpaired) electrons. The van der Waals surface area contributed by atoms with Gasteiger partial charge < -0.3 is 5.73 Å². The highest BCUT2D eigenvalue weighted by atomic mass is 14.5. The van der Waals surface area contributed by atoms with Crippen LogP contribution < -0.4 is 5.73 Å². The Hall–Kier alpha value is -0.820. The standard InChI is InChI=1S/C12H19N/c1-8-5-12(10(3)7-13)6-9(2)11(8)4/h5-6,10H,7,13H2,1-4H3. The molecule has 0 saturated heterocycles. The topological polar surface area (TPSA) is 26.0 Å². The molecule has 1 atom stereocenters. The molecule has 0 aliphatic rings. The lowest BCUT2D eigenvalue weighted by molar-refractivity contribution is 0.771. The van der Waals surface area contributed by atoms with Crippen LogP contribution >= 0.6 is 0 Å². The molecule has 0 bridgehead atoms. The molecule has 13 heavy (non-hydrogen) atoms. The SMILES string of the molecule is Cc1cc(C(C)CN)cc(C)c1C. The molecule has 1 nitrogen and oxygen atoms in total. The van der Waals surface area contributed by atoms with Gasteiger partial charge >= 0.3 is 0 Å². The van der Waals surface area contributed by atoms with Crippen molar-refractivity contribution in [3.8, 4) is 0 Å². The molecule has 0 aliphatic carbocycles. The van der Waals surface area contributed by atoms with Crippen molar-refractivity contribution in [2.45, 2.75) is 33.6 Å². The Balaban J connectivity index is 3.13. The lowest BCUT2D eigenvalue weighted by Gasteiger charge is -2.13. The maximum absolute atomic E-state index is 5.64. The van der Waals surface area contributed by atoms with Gasteiger partial charge in [0.25, 0.3) is 0 Å². The van der Waals surface area contributed by atoms with E-state index in [9.17, 15) is 0 Å². The molecule has 1 aromatic carbocycles. The van der Waals surface area contributed by atoms with Crippen LogP contribution in [0.3, 0.4) is 0 Å². The summed E-state index contributed by atoms with van der Waals surface area (Å²) in [5.74, 6) is 0.470. The Kier molecular flexibility index (Phi) is 3.10.